The zero-order valence-corrected chi connectivity index (χ0v) is 17.8. The van der Waals surface area contributed by atoms with E-state index in [1.807, 2.05) is 0 Å². The summed E-state index contributed by atoms with van der Waals surface area (Å²) in [4.78, 5) is 2.31. The van der Waals surface area contributed by atoms with Crippen LogP contribution in [0.2, 0.25) is 0 Å². The van der Waals surface area contributed by atoms with Crippen molar-refractivity contribution in [3.05, 3.63) is 125 Å². The zero-order valence-electron chi connectivity index (χ0n) is 17.8. The van der Waals surface area contributed by atoms with E-state index in [0.717, 1.165) is 5.69 Å². The monoisotopic (exact) mass is 389 g/mol. The van der Waals surface area contributed by atoms with E-state index in [2.05, 4.69) is 135 Å². The molecule has 0 heterocycles. The van der Waals surface area contributed by atoms with E-state index in [0.29, 0.717) is 0 Å². The molecule has 0 aliphatic rings. The van der Waals surface area contributed by atoms with Crippen LogP contribution in [0.3, 0.4) is 0 Å². The summed E-state index contributed by atoms with van der Waals surface area (Å²) >= 11 is 0. The second kappa shape index (κ2) is 8.84. The van der Waals surface area contributed by atoms with Gasteiger partial charge < -0.3 is 4.90 Å². The van der Waals surface area contributed by atoms with Crippen LogP contribution in [0.15, 0.2) is 97.1 Å². The van der Waals surface area contributed by atoms with Crippen molar-refractivity contribution in [2.75, 3.05) is 4.90 Å². The molecule has 1 nitrogen and oxygen atoms in total. The molecule has 148 valence electrons. The summed E-state index contributed by atoms with van der Waals surface area (Å²) in [5.74, 6) is 0. The molecule has 0 atom stereocenters. The predicted octanol–water partition coefficient (Wildman–Crippen LogP) is 8.25. The van der Waals surface area contributed by atoms with Gasteiger partial charge in [0.1, 0.15) is 0 Å². The third-order valence-corrected chi connectivity index (χ3v) is 5.22. The number of anilines is 3. The standard InChI is InChI=1S/C29H27N/c1-22-10-12-25(13-11-22)14-15-26-16-18-27(19-17-26)30(28-8-4-6-23(2)20-28)29-9-5-7-24(3)21-29/h4-21H,1-3H3. The highest BCUT2D eigenvalue weighted by atomic mass is 15.1. The molecule has 4 aromatic carbocycles. The van der Waals surface area contributed by atoms with E-state index in [4.69, 9.17) is 0 Å². The first-order valence-corrected chi connectivity index (χ1v) is 10.4. The van der Waals surface area contributed by atoms with E-state index in [-0.39, 0.29) is 0 Å². The van der Waals surface area contributed by atoms with Gasteiger partial charge in [-0.1, -0.05) is 78.4 Å². The molecule has 1 heteroatoms. The molecule has 0 bridgehead atoms. The van der Waals surface area contributed by atoms with Gasteiger partial charge >= 0.3 is 0 Å². The van der Waals surface area contributed by atoms with Crippen molar-refractivity contribution in [3.63, 3.8) is 0 Å². The van der Waals surface area contributed by atoms with Crippen LogP contribution in [-0.4, -0.2) is 0 Å². The Bertz CT molecular complexity index is 1110. The highest BCUT2D eigenvalue weighted by Crippen LogP contribution is 2.35. The lowest BCUT2D eigenvalue weighted by Crippen LogP contribution is -2.10. The first kappa shape index (κ1) is 19.7. The van der Waals surface area contributed by atoms with Crippen molar-refractivity contribution < 1.29 is 0 Å². The molecular weight excluding hydrogens is 362 g/mol. The molecule has 0 saturated heterocycles. The number of aryl methyl sites for hydroxylation is 3. The van der Waals surface area contributed by atoms with E-state index < -0.39 is 0 Å². The first-order chi connectivity index (χ1) is 14.6. The van der Waals surface area contributed by atoms with Crippen LogP contribution < -0.4 is 4.90 Å². The molecule has 0 saturated carbocycles. The Balaban J connectivity index is 1.66. The fraction of sp³-hybridized carbons (Fsp3) is 0.103. The molecule has 0 amide bonds. The minimum atomic E-state index is 1.15. The minimum Gasteiger partial charge on any atom is -0.310 e. The fourth-order valence-corrected chi connectivity index (χ4v) is 3.59. The topological polar surface area (TPSA) is 3.24 Å². The van der Waals surface area contributed by atoms with Crippen molar-refractivity contribution in [1.82, 2.24) is 0 Å². The molecule has 0 N–H and O–H groups in total. The summed E-state index contributed by atoms with van der Waals surface area (Å²) in [5, 5.41) is 0. The van der Waals surface area contributed by atoms with Crippen molar-refractivity contribution in [3.8, 4) is 0 Å². The van der Waals surface area contributed by atoms with Crippen molar-refractivity contribution >= 4 is 29.2 Å². The van der Waals surface area contributed by atoms with Gasteiger partial charge in [0.25, 0.3) is 0 Å². The predicted molar refractivity (Wildman–Crippen MR) is 131 cm³/mol. The van der Waals surface area contributed by atoms with Gasteiger partial charge in [0.2, 0.25) is 0 Å². The molecule has 0 aromatic heterocycles. The van der Waals surface area contributed by atoms with Gasteiger partial charge in [-0.05, 0) is 79.4 Å². The van der Waals surface area contributed by atoms with Gasteiger partial charge in [0.15, 0.2) is 0 Å². The first-order valence-electron chi connectivity index (χ1n) is 10.4. The second-order valence-corrected chi connectivity index (χ2v) is 7.85. The highest BCUT2D eigenvalue weighted by molar-refractivity contribution is 5.78. The summed E-state index contributed by atoms with van der Waals surface area (Å²) in [7, 11) is 0. The molecule has 0 aliphatic heterocycles. The summed E-state index contributed by atoms with van der Waals surface area (Å²) in [6.45, 7) is 6.38. The zero-order chi connectivity index (χ0) is 20.9. The van der Waals surface area contributed by atoms with Crippen molar-refractivity contribution in [1.29, 1.82) is 0 Å². The SMILES string of the molecule is Cc1ccc(C=Cc2ccc(N(c3cccc(C)c3)c3cccc(C)c3)cc2)cc1. The number of hydrogen-bond acceptors (Lipinski definition) is 1. The van der Waals surface area contributed by atoms with Crippen LogP contribution in [-0.2, 0) is 0 Å². The van der Waals surface area contributed by atoms with E-state index >= 15 is 0 Å². The fourth-order valence-electron chi connectivity index (χ4n) is 3.59. The molecule has 4 aromatic rings. The van der Waals surface area contributed by atoms with Crippen LogP contribution in [0.25, 0.3) is 12.2 Å². The average Bonchev–Trinajstić information content (AvgIpc) is 2.75. The summed E-state index contributed by atoms with van der Waals surface area (Å²) in [5.41, 5.74) is 9.68. The third-order valence-electron chi connectivity index (χ3n) is 5.22. The maximum Gasteiger partial charge on any atom is 0.0464 e. The Kier molecular flexibility index (Phi) is 5.81. The minimum absolute atomic E-state index is 1.15. The lowest BCUT2D eigenvalue weighted by Gasteiger charge is -2.26. The van der Waals surface area contributed by atoms with Crippen LogP contribution in [0.1, 0.15) is 27.8 Å². The molecule has 0 aliphatic carbocycles. The van der Waals surface area contributed by atoms with Gasteiger partial charge in [-0.3, -0.25) is 0 Å². The maximum absolute atomic E-state index is 2.31. The molecule has 0 radical (unpaired) electrons. The summed E-state index contributed by atoms with van der Waals surface area (Å²) < 4.78 is 0. The lowest BCUT2D eigenvalue weighted by molar-refractivity contribution is 1.26. The number of nitrogens with zero attached hydrogens (tertiary/aromatic N) is 1. The van der Waals surface area contributed by atoms with Gasteiger partial charge in [0, 0.05) is 17.1 Å². The Morgan fingerprint density at radius 2 is 0.933 bits per heavy atom. The van der Waals surface area contributed by atoms with Gasteiger partial charge in [0.05, 0.1) is 0 Å². The van der Waals surface area contributed by atoms with Crippen LogP contribution >= 0.6 is 0 Å². The van der Waals surface area contributed by atoms with Gasteiger partial charge in [-0.15, -0.1) is 0 Å². The largest absolute Gasteiger partial charge is 0.310 e. The molecule has 0 spiro atoms. The van der Waals surface area contributed by atoms with Crippen molar-refractivity contribution in [2.24, 2.45) is 0 Å². The van der Waals surface area contributed by atoms with E-state index in [1.54, 1.807) is 0 Å². The molecule has 4 rings (SSSR count). The lowest BCUT2D eigenvalue weighted by atomic mass is 10.1. The molecule has 0 unspecified atom stereocenters. The van der Waals surface area contributed by atoms with Crippen LogP contribution in [0.5, 0.6) is 0 Å². The van der Waals surface area contributed by atoms with E-state index in [1.165, 1.54) is 39.2 Å². The second-order valence-electron chi connectivity index (χ2n) is 7.85. The quantitative estimate of drug-likeness (QED) is 0.311. The number of benzene rings is 4. The van der Waals surface area contributed by atoms with Crippen LogP contribution in [0, 0.1) is 20.8 Å². The third kappa shape index (κ3) is 4.69. The Morgan fingerprint density at radius 3 is 1.40 bits per heavy atom. The smallest absolute Gasteiger partial charge is 0.0464 e. The number of rotatable bonds is 5. The summed E-state index contributed by atoms with van der Waals surface area (Å²) in [6.07, 6.45) is 4.32. The highest BCUT2D eigenvalue weighted by Gasteiger charge is 2.12. The average molecular weight is 390 g/mol. The molecular formula is C29H27N. The van der Waals surface area contributed by atoms with Gasteiger partial charge in [-0.2, -0.15) is 0 Å². The normalized spacial score (nSPS) is 11.0. The maximum atomic E-state index is 2.31. The Morgan fingerprint density at radius 1 is 0.467 bits per heavy atom. The van der Waals surface area contributed by atoms with Crippen molar-refractivity contribution in [2.45, 2.75) is 20.8 Å². The summed E-state index contributed by atoms with van der Waals surface area (Å²) in [6, 6.07) is 34.6. The number of hydrogen-bond donors (Lipinski definition) is 0. The Labute approximate surface area is 179 Å². The Hall–Kier alpha value is -3.58. The molecule has 30 heavy (non-hydrogen) atoms. The van der Waals surface area contributed by atoms with E-state index in [9.17, 15) is 0 Å². The van der Waals surface area contributed by atoms with Gasteiger partial charge in [-0.25, -0.2) is 0 Å². The van der Waals surface area contributed by atoms with Crippen LogP contribution in [0.4, 0.5) is 17.1 Å². The molecule has 0 fully saturated rings.